The van der Waals surface area contributed by atoms with Gasteiger partial charge in [0, 0.05) is 25.7 Å². The zero-order chi connectivity index (χ0) is 14.0. The Morgan fingerprint density at radius 2 is 2.26 bits per heavy atom. The number of likely N-dealkylation sites (tertiary alicyclic amines) is 1. The summed E-state index contributed by atoms with van der Waals surface area (Å²) in [7, 11) is -3.17. The summed E-state index contributed by atoms with van der Waals surface area (Å²) < 4.78 is 38.2. The van der Waals surface area contributed by atoms with Crippen molar-refractivity contribution in [3.05, 3.63) is 34.6 Å². The van der Waals surface area contributed by atoms with Crippen molar-refractivity contribution in [2.24, 2.45) is 0 Å². The minimum atomic E-state index is -3.17. The van der Waals surface area contributed by atoms with Gasteiger partial charge in [0.1, 0.15) is 5.82 Å². The number of halogens is 2. The second kappa shape index (κ2) is 5.75. The SMILES string of the molecule is CS(=O)(=O)NC1CCN(Cc2ccc(Cl)c(F)c2)C1. The molecule has 1 heterocycles. The van der Waals surface area contributed by atoms with E-state index in [-0.39, 0.29) is 11.1 Å². The zero-order valence-electron chi connectivity index (χ0n) is 10.6. The molecule has 7 heteroatoms. The van der Waals surface area contributed by atoms with Crippen LogP contribution in [0, 0.1) is 5.82 Å². The molecule has 0 aromatic heterocycles. The van der Waals surface area contributed by atoms with Crippen molar-refractivity contribution in [3.63, 3.8) is 0 Å². The van der Waals surface area contributed by atoms with Crippen LogP contribution >= 0.6 is 11.6 Å². The second-order valence-electron chi connectivity index (χ2n) is 4.86. The fourth-order valence-electron chi connectivity index (χ4n) is 2.27. The van der Waals surface area contributed by atoms with Gasteiger partial charge in [-0.3, -0.25) is 4.90 Å². The molecule has 0 spiro atoms. The molecule has 1 fully saturated rings. The Morgan fingerprint density at radius 3 is 2.89 bits per heavy atom. The monoisotopic (exact) mass is 306 g/mol. The lowest BCUT2D eigenvalue weighted by atomic mass is 10.2. The number of sulfonamides is 1. The van der Waals surface area contributed by atoms with Gasteiger partial charge in [0.25, 0.3) is 0 Å². The standard InChI is InChI=1S/C12H16ClFN2O2S/c1-19(17,18)15-10-4-5-16(8-10)7-9-2-3-11(13)12(14)6-9/h2-3,6,10,15H,4-5,7-8H2,1H3. The van der Waals surface area contributed by atoms with E-state index in [1.165, 1.54) is 12.1 Å². The molecular formula is C12H16ClFN2O2S. The van der Waals surface area contributed by atoms with Crippen LogP contribution in [0.1, 0.15) is 12.0 Å². The number of benzene rings is 1. The lowest BCUT2D eigenvalue weighted by Crippen LogP contribution is -2.36. The molecule has 0 saturated carbocycles. The topological polar surface area (TPSA) is 49.4 Å². The first kappa shape index (κ1) is 14.7. The molecule has 1 aromatic carbocycles. The van der Waals surface area contributed by atoms with Crippen LogP contribution in [0.25, 0.3) is 0 Å². The maximum Gasteiger partial charge on any atom is 0.208 e. The zero-order valence-corrected chi connectivity index (χ0v) is 12.1. The molecule has 1 saturated heterocycles. The number of rotatable bonds is 4. The van der Waals surface area contributed by atoms with Crippen LogP contribution in [0.2, 0.25) is 5.02 Å². The van der Waals surface area contributed by atoms with E-state index in [9.17, 15) is 12.8 Å². The molecule has 106 valence electrons. The first-order chi connectivity index (χ1) is 8.83. The summed E-state index contributed by atoms with van der Waals surface area (Å²) in [5, 5.41) is 0.113. The maximum absolute atomic E-state index is 13.3. The van der Waals surface area contributed by atoms with Crippen molar-refractivity contribution in [2.75, 3.05) is 19.3 Å². The average molecular weight is 307 g/mol. The molecule has 0 radical (unpaired) electrons. The van der Waals surface area contributed by atoms with Gasteiger partial charge in [-0.15, -0.1) is 0 Å². The Labute approximate surface area is 117 Å². The predicted octanol–water partition coefficient (Wildman–Crippen LogP) is 1.60. The summed E-state index contributed by atoms with van der Waals surface area (Å²) in [6, 6.07) is 4.67. The van der Waals surface area contributed by atoms with Gasteiger partial charge in [-0.1, -0.05) is 17.7 Å². The van der Waals surface area contributed by atoms with Gasteiger partial charge in [-0.2, -0.15) is 0 Å². The van der Waals surface area contributed by atoms with Crippen LogP contribution in [-0.2, 0) is 16.6 Å². The summed E-state index contributed by atoms with van der Waals surface area (Å²) in [6.45, 7) is 2.02. The highest BCUT2D eigenvalue weighted by Crippen LogP contribution is 2.19. The van der Waals surface area contributed by atoms with Crippen LogP contribution < -0.4 is 4.72 Å². The fourth-order valence-corrected chi connectivity index (χ4v) is 3.19. The molecule has 1 aliphatic rings. The Bertz CT molecular complexity index is 565. The molecule has 0 bridgehead atoms. The Balaban J connectivity index is 1.93. The van der Waals surface area contributed by atoms with E-state index in [4.69, 9.17) is 11.6 Å². The molecule has 1 unspecified atom stereocenters. The van der Waals surface area contributed by atoms with Crippen molar-refractivity contribution in [1.29, 1.82) is 0 Å². The van der Waals surface area contributed by atoms with Crippen LogP contribution in [0.4, 0.5) is 4.39 Å². The highest BCUT2D eigenvalue weighted by Gasteiger charge is 2.24. The number of hydrogen-bond acceptors (Lipinski definition) is 3. The Hall–Kier alpha value is -0.690. The third-order valence-electron chi connectivity index (χ3n) is 3.04. The van der Waals surface area contributed by atoms with Gasteiger partial charge in [-0.05, 0) is 24.1 Å². The van der Waals surface area contributed by atoms with E-state index in [2.05, 4.69) is 9.62 Å². The molecule has 0 aliphatic carbocycles. The molecule has 1 aliphatic heterocycles. The molecule has 1 atom stereocenters. The molecule has 0 amide bonds. The van der Waals surface area contributed by atoms with Gasteiger partial charge in [0.15, 0.2) is 0 Å². The third kappa shape index (κ3) is 4.42. The fraction of sp³-hybridized carbons (Fsp3) is 0.500. The second-order valence-corrected chi connectivity index (χ2v) is 7.05. The Morgan fingerprint density at radius 1 is 1.53 bits per heavy atom. The first-order valence-corrected chi connectivity index (χ1v) is 8.24. The van der Waals surface area contributed by atoms with Crippen LogP contribution in [0.3, 0.4) is 0 Å². The smallest absolute Gasteiger partial charge is 0.208 e. The van der Waals surface area contributed by atoms with E-state index in [1.54, 1.807) is 6.07 Å². The van der Waals surface area contributed by atoms with Crippen LogP contribution in [-0.4, -0.2) is 38.7 Å². The number of hydrogen-bond donors (Lipinski definition) is 1. The predicted molar refractivity (Wildman–Crippen MR) is 73.1 cm³/mol. The van der Waals surface area contributed by atoms with E-state index in [0.717, 1.165) is 24.8 Å². The molecule has 19 heavy (non-hydrogen) atoms. The summed E-state index contributed by atoms with van der Waals surface area (Å²) in [6.07, 6.45) is 1.92. The van der Waals surface area contributed by atoms with Crippen molar-refractivity contribution in [2.45, 2.75) is 19.0 Å². The van der Waals surface area contributed by atoms with Crippen molar-refractivity contribution >= 4 is 21.6 Å². The van der Waals surface area contributed by atoms with Gasteiger partial charge in [0.05, 0.1) is 11.3 Å². The first-order valence-electron chi connectivity index (χ1n) is 5.97. The lowest BCUT2D eigenvalue weighted by molar-refractivity contribution is 0.324. The van der Waals surface area contributed by atoms with Crippen LogP contribution in [0.5, 0.6) is 0 Å². The van der Waals surface area contributed by atoms with E-state index < -0.39 is 15.8 Å². The summed E-state index contributed by atoms with van der Waals surface area (Å²) in [5.41, 5.74) is 0.835. The normalized spacial score (nSPS) is 20.9. The summed E-state index contributed by atoms with van der Waals surface area (Å²) >= 11 is 5.63. The third-order valence-corrected chi connectivity index (χ3v) is 4.11. The van der Waals surface area contributed by atoms with Crippen molar-refractivity contribution in [1.82, 2.24) is 9.62 Å². The van der Waals surface area contributed by atoms with Crippen LogP contribution in [0.15, 0.2) is 18.2 Å². The minimum Gasteiger partial charge on any atom is -0.297 e. The minimum absolute atomic E-state index is 0.0628. The average Bonchev–Trinajstić information content (AvgIpc) is 2.68. The van der Waals surface area contributed by atoms with Gasteiger partial charge >= 0.3 is 0 Å². The quantitative estimate of drug-likeness (QED) is 0.919. The summed E-state index contributed by atoms with van der Waals surface area (Å²) in [5.74, 6) is -0.427. The van der Waals surface area contributed by atoms with Crippen molar-refractivity contribution in [3.8, 4) is 0 Å². The lowest BCUT2D eigenvalue weighted by Gasteiger charge is -2.16. The summed E-state index contributed by atoms with van der Waals surface area (Å²) in [4.78, 5) is 2.09. The van der Waals surface area contributed by atoms with E-state index in [0.29, 0.717) is 13.1 Å². The maximum atomic E-state index is 13.3. The Kier molecular flexibility index (Phi) is 4.45. The number of nitrogens with zero attached hydrogens (tertiary/aromatic N) is 1. The molecule has 2 rings (SSSR count). The largest absolute Gasteiger partial charge is 0.297 e. The van der Waals surface area contributed by atoms with Crippen molar-refractivity contribution < 1.29 is 12.8 Å². The highest BCUT2D eigenvalue weighted by atomic mass is 35.5. The van der Waals surface area contributed by atoms with Gasteiger partial charge in [-0.25, -0.2) is 17.5 Å². The molecule has 4 nitrogen and oxygen atoms in total. The van der Waals surface area contributed by atoms with E-state index >= 15 is 0 Å². The molecular weight excluding hydrogens is 291 g/mol. The molecule has 1 aromatic rings. The number of nitrogens with one attached hydrogen (secondary N) is 1. The van der Waals surface area contributed by atoms with Gasteiger partial charge < -0.3 is 0 Å². The van der Waals surface area contributed by atoms with Gasteiger partial charge in [0.2, 0.25) is 10.0 Å². The van der Waals surface area contributed by atoms with E-state index in [1.807, 2.05) is 0 Å². The molecule has 1 N–H and O–H groups in total. The highest BCUT2D eigenvalue weighted by molar-refractivity contribution is 7.88.